The number of carbonyl (C=O) groups is 1. The molecule has 0 atom stereocenters. The molecule has 0 aliphatic carbocycles. The van der Waals surface area contributed by atoms with Gasteiger partial charge in [0.25, 0.3) is 5.91 Å². The van der Waals surface area contributed by atoms with Gasteiger partial charge in [-0.05, 0) is 19.1 Å². The van der Waals surface area contributed by atoms with Gasteiger partial charge >= 0.3 is 0 Å². The Hall–Kier alpha value is -2.37. The van der Waals surface area contributed by atoms with Gasteiger partial charge in [0.15, 0.2) is 0 Å². The van der Waals surface area contributed by atoms with Crippen molar-refractivity contribution in [1.82, 2.24) is 15.0 Å². The van der Waals surface area contributed by atoms with Crippen LogP contribution in [-0.2, 0) is 0 Å². The molecule has 3 heterocycles. The van der Waals surface area contributed by atoms with Crippen molar-refractivity contribution in [1.29, 1.82) is 0 Å². The standard InChI is InChI=1S/C14H16N4O2/c1-11-10-12(20-16-11)14(19)18-8-6-17(7-9-18)13-4-2-3-5-15-13/h2-5,10H,6-9H2,1H3. The number of aryl methyl sites for hydroxylation is 1. The lowest BCUT2D eigenvalue weighted by atomic mass is 10.2. The van der Waals surface area contributed by atoms with Crippen molar-refractivity contribution < 1.29 is 9.32 Å². The largest absolute Gasteiger partial charge is 0.353 e. The van der Waals surface area contributed by atoms with Gasteiger partial charge < -0.3 is 14.3 Å². The summed E-state index contributed by atoms with van der Waals surface area (Å²) in [4.78, 5) is 20.5. The zero-order valence-electron chi connectivity index (χ0n) is 11.3. The van der Waals surface area contributed by atoms with Crippen LogP contribution in [0.3, 0.4) is 0 Å². The van der Waals surface area contributed by atoms with Crippen LogP contribution in [0.4, 0.5) is 5.82 Å². The van der Waals surface area contributed by atoms with Gasteiger partial charge in [-0.2, -0.15) is 0 Å². The average molecular weight is 272 g/mol. The lowest BCUT2D eigenvalue weighted by molar-refractivity contribution is 0.0704. The number of rotatable bonds is 2. The van der Waals surface area contributed by atoms with Crippen LogP contribution in [0, 0.1) is 6.92 Å². The zero-order valence-corrected chi connectivity index (χ0v) is 11.3. The van der Waals surface area contributed by atoms with Crippen LogP contribution < -0.4 is 4.90 Å². The predicted octanol–water partition coefficient (Wildman–Crippen LogP) is 1.34. The Kier molecular flexibility index (Phi) is 3.37. The number of piperazine rings is 1. The summed E-state index contributed by atoms with van der Waals surface area (Å²) < 4.78 is 5.02. The third-order valence-electron chi connectivity index (χ3n) is 3.38. The first-order valence-electron chi connectivity index (χ1n) is 6.62. The molecular formula is C14H16N4O2. The van der Waals surface area contributed by atoms with Crippen molar-refractivity contribution in [2.75, 3.05) is 31.1 Å². The number of carbonyl (C=O) groups excluding carboxylic acids is 1. The van der Waals surface area contributed by atoms with Gasteiger partial charge in [-0.3, -0.25) is 4.79 Å². The molecule has 0 radical (unpaired) electrons. The molecule has 0 bridgehead atoms. The molecule has 1 amide bonds. The number of nitrogens with zero attached hydrogens (tertiary/aromatic N) is 4. The van der Waals surface area contributed by atoms with E-state index in [0.717, 1.165) is 24.6 Å². The molecule has 0 saturated carbocycles. The molecule has 104 valence electrons. The normalized spacial score (nSPS) is 15.4. The van der Waals surface area contributed by atoms with E-state index in [4.69, 9.17) is 4.52 Å². The first-order valence-corrected chi connectivity index (χ1v) is 6.62. The quantitative estimate of drug-likeness (QED) is 0.825. The fraction of sp³-hybridized carbons (Fsp3) is 0.357. The molecule has 1 fully saturated rings. The lowest BCUT2D eigenvalue weighted by Crippen LogP contribution is -2.49. The van der Waals surface area contributed by atoms with E-state index in [-0.39, 0.29) is 5.91 Å². The second kappa shape index (κ2) is 5.32. The molecule has 0 N–H and O–H groups in total. The molecule has 0 spiro atoms. The van der Waals surface area contributed by atoms with E-state index < -0.39 is 0 Å². The van der Waals surface area contributed by atoms with Crippen LogP contribution >= 0.6 is 0 Å². The predicted molar refractivity (Wildman–Crippen MR) is 73.6 cm³/mol. The van der Waals surface area contributed by atoms with Crippen molar-refractivity contribution in [3.8, 4) is 0 Å². The summed E-state index contributed by atoms with van der Waals surface area (Å²) in [5, 5.41) is 3.75. The number of hydrogen-bond donors (Lipinski definition) is 0. The molecule has 1 aliphatic heterocycles. The first-order chi connectivity index (χ1) is 9.74. The number of hydrogen-bond acceptors (Lipinski definition) is 5. The van der Waals surface area contributed by atoms with Crippen molar-refractivity contribution in [3.05, 3.63) is 41.9 Å². The third-order valence-corrected chi connectivity index (χ3v) is 3.38. The highest BCUT2D eigenvalue weighted by Gasteiger charge is 2.25. The summed E-state index contributed by atoms with van der Waals surface area (Å²) in [5.74, 6) is 1.18. The fourth-order valence-corrected chi connectivity index (χ4v) is 2.30. The molecule has 3 rings (SSSR count). The van der Waals surface area contributed by atoms with E-state index in [9.17, 15) is 4.79 Å². The molecule has 6 heteroatoms. The number of aromatic nitrogens is 2. The Bertz CT molecular complexity index is 588. The summed E-state index contributed by atoms with van der Waals surface area (Å²) >= 11 is 0. The summed E-state index contributed by atoms with van der Waals surface area (Å²) in [7, 11) is 0. The summed E-state index contributed by atoms with van der Waals surface area (Å²) in [5.41, 5.74) is 0.723. The molecular weight excluding hydrogens is 256 g/mol. The molecule has 20 heavy (non-hydrogen) atoms. The van der Waals surface area contributed by atoms with E-state index in [1.165, 1.54) is 0 Å². The molecule has 0 unspecified atom stereocenters. The van der Waals surface area contributed by atoms with Gasteiger partial charge in [0, 0.05) is 38.4 Å². The molecule has 2 aromatic rings. The third kappa shape index (κ3) is 2.49. The van der Waals surface area contributed by atoms with Crippen LogP contribution in [0.25, 0.3) is 0 Å². The number of pyridine rings is 1. The number of amides is 1. The maximum atomic E-state index is 12.2. The average Bonchev–Trinajstić information content (AvgIpc) is 2.94. The summed E-state index contributed by atoms with van der Waals surface area (Å²) in [6.45, 7) is 4.68. The van der Waals surface area contributed by atoms with E-state index in [1.807, 2.05) is 18.2 Å². The van der Waals surface area contributed by atoms with Crippen molar-refractivity contribution >= 4 is 11.7 Å². The van der Waals surface area contributed by atoms with Crippen molar-refractivity contribution in [2.24, 2.45) is 0 Å². The second-order valence-electron chi connectivity index (χ2n) is 4.80. The van der Waals surface area contributed by atoms with Gasteiger partial charge in [0.1, 0.15) is 5.82 Å². The summed E-state index contributed by atoms with van der Waals surface area (Å²) in [6.07, 6.45) is 1.78. The monoisotopic (exact) mass is 272 g/mol. The van der Waals surface area contributed by atoms with Gasteiger partial charge in [0.05, 0.1) is 5.69 Å². The van der Waals surface area contributed by atoms with Crippen molar-refractivity contribution in [2.45, 2.75) is 6.92 Å². The van der Waals surface area contributed by atoms with E-state index in [1.54, 1.807) is 24.1 Å². The van der Waals surface area contributed by atoms with Gasteiger partial charge in [0.2, 0.25) is 5.76 Å². The van der Waals surface area contributed by atoms with E-state index >= 15 is 0 Å². The van der Waals surface area contributed by atoms with Crippen LogP contribution in [0.15, 0.2) is 35.0 Å². The van der Waals surface area contributed by atoms with Gasteiger partial charge in [-0.15, -0.1) is 0 Å². The second-order valence-corrected chi connectivity index (χ2v) is 4.80. The zero-order chi connectivity index (χ0) is 13.9. The summed E-state index contributed by atoms with van der Waals surface area (Å²) in [6, 6.07) is 7.53. The minimum absolute atomic E-state index is 0.0914. The first kappa shape index (κ1) is 12.7. The fourth-order valence-electron chi connectivity index (χ4n) is 2.30. The topological polar surface area (TPSA) is 62.5 Å². The Labute approximate surface area is 117 Å². The Balaban J connectivity index is 1.63. The highest BCUT2D eigenvalue weighted by molar-refractivity contribution is 5.91. The van der Waals surface area contributed by atoms with E-state index in [0.29, 0.717) is 18.8 Å². The molecule has 6 nitrogen and oxygen atoms in total. The minimum atomic E-state index is -0.0914. The van der Waals surface area contributed by atoms with Gasteiger partial charge in [-0.1, -0.05) is 11.2 Å². The van der Waals surface area contributed by atoms with Crippen LogP contribution in [0.1, 0.15) is 16.2 Å². The Morgan fingerprint density at radius 3 is 2.65 bits per heavy atom. The maximum absolute atomic E-state index is 12.2. The van der Waals surface area contributed by atoms with E-state index in [2.05, 4.69) is 15.0 Å². The Morgan fingerprint density at radius 1 is 1.25 bits per heavy atom. The smallest absolute Gasteiger partial charge is 0.292 e. The Morgan fingerprint density at radius 2 is 2.05 bits per heavy atom. The lowest BCUT2D eigenvalue weighted by Gasteiger charge is -2.34. The van der Waals surface area contributed by atoms with Gasteiger partial charge in [-0.25, -0.2) is 4.98 Å². The van der Waals surface area contributed by atoms with Crippen LogP contribution in [-0.4, -0.2) is 47.1 Å². The maximum Gasteiger partial charge on any atom is 0.292 e. The van der Waals surface area contributed by atoms with Crippen molar-refractivity contribution in [3.63, 3.8) is 0 Å². The van der Waals surface area contributed by atoms with Crippen LogP contribution in [0.5, 0.6) is 0 Å². The molecule has 2 aromatic heterocycles. The minimum Gasteiger partial charge on any atom is -0.353 e. The SMILES string of the molecule is Cc1cc(C(=O)N2CCN(c3ccccn3)CC2)on1. The molecule has 1 aliphatic rings. The highest BCUT2D eigenvalue weighted by atomic mass is 16.5. The van der Waals surface area contributed by atoms with Crippen LogP contribution in [0.2, 0.25) is 0 Å². The highest BCUT2D eigenvalue weighted by Crippen LogP contribution is 2.14. The number of anilines is 1. The molecule has 1 saturated heterocycles. The molecule has 0 aromatic carbocycles.